The van der Waals surface area contributed by atoms with Gasteiger partial charge in [-0.05, 0) is 37.1 Å². The van der Waals surface area contributed by atoms with E-state index in [1.54, 1.807) is 6.20 Å². The average molecular weight is 369 g/mol. The number of nitrogens with zero attached hydrogens (tertiary/aromatic N) is 1. The van der Waals surface area contributed by atoms with Crippen molar-refractivity contribution in [3.05, 3.63) is 59.9 Å². The van der Waals surface area contributed by atoms with Crippen LogP contribution < -0.4 is 10.1 Å². The van der Waals surface area contributed by atoms with Gasteiger partial charge in [-0.2, -0.15) is 0 Å². The number of unbranched alkanes of at least 4 members (excludes halogenated alkanes) is 4. The van der Waals surface area contributed by atoms with Crippen molar-refractivity contribution >= 4 is 11.3 Å². The van der Waals surface area contributed by atoms with Gasteiger partial charge in [0.2, 0.25) is 0 Å². The Morgan fingerprint density at radius 3 is 2.52 bits per heavy atom. The lowest BCUT2D eigenvalue weighted by Crippen LogP contribution is -2.00. The lowest BCUT2D eigenvalue weighted by Gasteiger charge is -2.14. The van der Waals surface area contributed by atoms with E-state index in [0.717, 1.165) is 41.2 Å². The van der Waals surface area contributed by atoms with Crippen LogP contribution in [0.4, 0.5) is 5.69 Å². The Morgan fingerprint density at radius 2 is 1.81 bits per heavy atom. The summed E-state index contributed by atoms with van der Waals surface area (Å²) in [5, 5.41) is 3.23. The average Bonchev–Trinajstić information content (AvgIpc) is 2.71. The van der Waals surface area contributed by atoms with Gasteiger partial charge in [0.25, 0.3) is 0 Å². The van der Waals surface area contributed by atoms with Gasteiger partial charge in [0.15, 0.2) is 0 Å². The van der Waals surface area contributed by atoms with Crippen LogP contribution in [0.3, 0.4) is 0 Å². The molecule has 0 spiro atoms. The van der Waals surface area contributed by atoms with Crippen LogP contribution in [-0.4, -0.2) is 18.6 Å². The fourth-order valence-electron chi connectivity index (χ4n) is 2.84. The van der Waals surface area contributed by atoms with Gasteiger partial charge in [-0.1, -0.05) is 64.7 Å². The minimum absolute atomic E-state index is 0.744. The van der Waals surface area contributed by atoms with Crippen molar-refractivity contribution in [1.29, 1.82) is 0 Å². The van der Waals surface area contributed by atoms with Crippen LogP contribution >= 0.6 is 0 Å². The minimum atomic E-state index is 0.744. The van der Waals surface area contributed by atoms with Gasteiger partial charge in [-0.15, -0.1) is 0 Å². The first-order valence-electron chi connectivity index (χ1n) is 10.2. The maximum Gasteiger partial charge on any atom is 0.138 e. The van der Waals surface area contributed by atoms with Crippen LogP contribution in [-0.2, 0) is 0 Å². The summed E-state index contributed by atoms with van der Waals surface area (Å²) < 4.78 is 5.87. The van der Waals surface area contributed by atoms with Gasteiger partial charge in [0.05, 0.1) is 12.8 Å². The molecular weight excluding hydrogens is 332 g/mol. The number of anilines is 1. The molecule has 0 radical (unpaired) electrons. The Kier molecular flexibility index (Phi) is 10.9. The molecule has 2 aromatic rings. The Bertz CT molecular complexity index is 695. The quantitative estimate of drug-likeness (QED) is 0.465. The zero-order valence-corrected chi connectivity index (χ0v) is 17.8. The molecule has 0 bridgehead atoms. The number of hydrogen-bond acceptors (Lipinski definition) is 3. The normalized spacial score (nSPS) is 9.96. The van der Waals surface area contributed by atoms with Crippen molar-refractivity contribution in [3.8, 4) is 5.75 Å². The van der Waals surface area contributed by atoms with Crippen molar-refractivity contribution in [2.75, 3.05) is 19.0 Å². The fraction of sp³-hybridized carbons (Fsp3) is 0.458. The minimum Gasteiger partial charge on any atom is -0.492 e. The molecule has 0 fully saturated rings. The number of benzene rings is 1. The Labute approximate surface area is 165 Å². The van der Waals surface area contributed by atoms with Crippen molar-refractivity contribution in [3.63, 3.8) is 0 Å². The second kappa shape index (κ2) is 13.0. The van der Waals surface area contributed by atoms with E-state index in [9.17, 15) is 0 Å². The van der Waals surface area contributed by atoms with Crippen molar-refractivity contribution in [2.45, 2.75) is 59.8 Å². The van der Waals surface area contributed by atoms with Gasteiger partial charge < -0.3 is 10.1 Å². The third-order valence-electron chi connectivity index (χ3n) is 4.35. The molecular formula is C24H36N2O. The van der Waals surface area contributed by atoms with E-state index in [4.69, 9.17) is 4.74 Å². The Morgan fingerprint density at radius 1 is 1.07 bits per heavy atom. The van der Waals surface area contributed by atoms with E-state index in [-0.39, 0.29) is 0 Å². The number of pyridine rings is 1. The Hall–Kier alpha value is -2.29. The highest BCUT2D eigenvalue weighted by atomic mass is 16.5. The first-order chi connectivity index (χ1) is 13.2. The van der Waals surface area contributed by atoms with Crippen LogP contribution in [0.15, 0.2) is 43.2 Å². The van der Waals surface area contributed by atoms with Gasteiger partial charge >= 0.3 is 0 Å². The molecule has 1 aromatic carbocycles. The van der Waals surface area contributed by atoms with E-state index in [0.29, 0.717) is 0 Å². The lowest BCUT2D eigenvalue weighted by atomic mass is 9.97. The number of aromatic nitrogens is 1. The molecule has 0 atom stereocenters. The molecule has 27 heavy (non-hydrogen) atoms. The number of rotatable bonds is 10. The summed E-state index contributed by atoms with van der Waals surface area (Å²) in [4.78, 5) is 4.33. The molecule has 0 unspecified atom stereocenters. The highest BCUT2D eigenvalue weighted by molar-refractivity contribution is 5.85. The zero-order valence-electron chi connectivity index (χ0n) is 17.8. The molecule has 0 aliphatic heterocycles. The Balaban J connectivity index is 0.00000176. The summed E-state index contributed by atoms with van der Waals surface area (Å²) in [5.41, 5.74) is 5.32. The van der Waals surface area contributed by atoms with E-state index in [1.807, 2.05) is 33.2 Å². The predicted molar refractivity (Wildman–Crippen MR) is 119 cm³/mol. The highest BCUT2D eigenvalue weighted by Crippen LogP contribution is 2.30. The van der Waals surface area contributed by atoms with E-state index in [1.165, 1.54) is 31.2 Å². The zero-order chi connectivity index (χ0) is 20.1. The topological polar surface area (TPSA) is 34.1 Å². The fourth-order valence-corrected chi connectivity index (χ4v) is 2.84. The van der Waals surface area contributed by atoms with Gasteiger partial charge in [-0.25, -0.2) is 0 Å². The smallest absolute Gasteiger partial charge is 0.138 e. The van der Waals surface area contributed by atoms with Crippen molar-refractivity contribution in [1.82, 2.24) is 4.98 Å². The summed E-state index contributed by atoms with van der Waals surface area (Å²) in [7, 11) is 1.93. The second-order valence-corrected chi connectivity index (χ2v) is 6.45. The van der Waals surface area contributed by atoms with Crippen LogP contribution in [0, 0.1) is 6.92 Å². The van der Waals surface area contributed by atoms with Gasteiger partial charge in [0, 0.05) is 30.1 Å². The molecule has 1 aromatic heterocycles. The third kappa shape index (κ3) is 7.46. The maximum absolute atomic E-state index is 5.87. The number of ether oxygens (including phenoxy) is 1. The molecule has 0 aliphatic carbocycles. The SMILES string of the molecule is C=C(c1cncc(OCCCCCCC)c1)c1cc(C)ccc1NC.CC. The van der Waals surface area contributed by atoms with Gasteiger partial charge in [0.1, 0.15) is 5.75 Å². The molecule has 3 nitrogen and oxygen atoms in total. The monoisotopic (exact) mass is 368 g/mol. The largest absolute Gasteiger partial charge is 0.492 e. The van der Waals surface area contributed by atoms with Crippen molar-refractivity contribution in [2.24, 2.45) is 0 Å². The number of hydrogen-bond donors (Lipinski definition) is 1. The van der Waals surface area contributed by atoms with E-state index >= 15 is 0 Å². The highest BCUT2D eigenvalue weighted by Gasteiger charge is 2.09. The summed E-state index contributed by atoms with van der Waals surface area (Å²) >= 11 is 0. The maximum atomic E-state index is 5.87. The van der Waals surface area contributed by atoms with Crippen molar-refractivity contribution < 1.29 is 4.74 Å². The van der Waals surface area contributed by atoms with Crippen LogP contribution in [0.5, 0.6) is 5.75 Å². The summed E-state index contributed by atoms with van der Waals surface area (Å²) in [5.74, 6) is 0.813. The first-order valence-corrected chi connectivity index (χ1v) is 10.2. The van der Waals surface area contributed by atoms with Crippen LogP contribution in [0.1, 0.15) is 69.6 Å². The van der Waals surface area contributed by atoms with Crippen LogP contribution in [0.2, 0.25) is 0 Å². The van der Waals surface area contributed by atoms with E-state index < -0.39 is 0 Å². The summed E-state index contributed by atoms with van der Waals surface area (Å²) in [6.07, 6.45) is 9.80. The molecule has 0 saturated heterocycles. The molecule has 3 heteroatoms. The number of aryl methyl sites for hydroxylation is 1. The number of nitrogens with one attached hydrogen (secondary N) is 1. The lowest BCUT2D eigenvalue weighted by molar-refractivity contribution is 0.303. The summed E-state index contributed by atoms with van der Waals surface area (Å²) in [6.45, 7) is 13.3. The predicted octanol–water partition coefficient (Wildman–Crippen LogP) is 6.87. The molecule has 0 amide bonds. The summed E-state index contributed by atoms with van der Waals surface area (Å²) in [6, 6.07) is 8.36. The third-order valence-corrected chi connectivity index (χ3v) is 4.35. The van der Waals surface area contributed by atoms with Gasteiger partial charge in [-0.3, -0.25) is 4.98 Å². The molecule has 0 saturated carbocycles. The second-order valence-electron chi connectivity index (χ2n) is 6.45. The van der Waals surface area contributed by atoms with E-state index in [2.05, 4.69) is 48.9 Å². The molecule has 2 rings (SSSR count). The molecule has 0 aliphatic rings. The van der Waals surface area contributed by atoms with Crippen LogP contribution in [0.25, 0.3) is 5.57 Å². The molecule has 1 N–H and O–H groups in total. The molecule has 148 valence electrons. The molecule has 1 heterocycles. The first kappa shape index (κ1) is 22.8. The standard InChI is InChI=1S/C22H30N2O.C2H6/c1-5-6-7-8-9-12-25-20-14-19(15-24-16-20)18(3)21-13-17(2)10-11-22(21)23-4;1-2/h10-11,13-16,23H,3,5-9,12H2,1-2,4H3;1-2H3.